The van der Waals surface area contributed by atoms with E-state index in [9.17, 15) is 23.6 Å². The molecule has 4 amide bonds. The first-order valence-electron chi connectivity index (χ1n) is 17.3. The lowest BCUT2D eigenvalue weighted by atomic mass is 10.0. The van der Waals surface area contributed by atoms with Crippen molar-refractivity contribution in [2.24, 2.45) is 0 Å². The number of carbonyl (C=O) groups is 4. The van der Waals surface area contributed by atoms with Crippen LogP contribution in [0.5, 0.6) is 11.5 Å². The van der Waals surface area contributed by atoms with Gasteiger partial charge < -0.3 is 25.0 Å². The van der Waals surface area contributed by atoms with E-state index in [1.54, 1.807) is 42.0 Å². The van der Waals surface area contributed by atoms with E-state index in [0.29, 0.717) is 90.7 Å². The quantitative estimate of drug-likeness (QED) is 0.105. The Morgan fingerprint density at radius 3 is 2.68 bits per heavy atom. The van der Waals surface area contributed by atoms with Gasteiger partial charge in [0.15, 0.2) is 11.5 Å². The van der Waals surface area contributed by atoms with E-state index in [-0.39, 0.29) is 41.8 Å². The minimum absolute atomic E-state index is 0.00447. The zero-order valence-electron chi connectivity index (χ0n) is 28.8. The molecule has 4 aromatic rings. The molecule has 0 saturated carbocycles. The fourth-order valence-corrected chi connectivity index (χ4v) is 7.92. The van der Waals surface area contributed by atoms with Crippen LogP contribution in [0.1, 0.15) is 41.6 Å². The Balaban J connectivity index is 0.881. The molecule has 53 heavy (non-hydrogen) atoms. The standard InChI is InChI=1S/C37H37ClFN7O6S/c1-51-30-17-28-24(35(42-20-41-28)43-21-5-6-27(39)26(38)15-21)16-31(30)52-22-9-12-45(13-10-22)19-34(48)40-11-14-53-32-4-2-3-23-25(32)18-46(37(23)50)29-7-8-33(47)44-36(29)49/h2-6,15-17,20,22,29H,7-14,18-19H2,1H3,(H,40,48)(H,41,42,43)(H,44,47,49). The normalized spacial score (nSPS) is 17.8. The second-order valence-corrected chi connectivity index (χ2v) is 14.5. The molecular weight excluding hydrogens is 725 g/mol. The van der Waals surface area contributed by atoms with Crippen molar-refractivity contribution in [1.82, 2.24) is 30.4 Å². The van der Waals surface area contributed by atoms with E-state index >= 15 is 0 Å². The fraction of sp³-hybridized carbons (Fsp3) is 0.351. The van der Waals surface area contributed by atoms with Gasteiger partial charge in [-0.05, 0) is 61.2 Å². The van der Waals surface area contributed by atoms with Crippen LogP contribution in [0.2, 0.25) is 5.02 Å². The van der Waals surface area contributed by atoms with Crippen molar-refractivity contribution in [2.75, 3.05) is 44.4 Å². The van der Waals surface area contributed by atoms with Crippen LogP contribution in [0.3, 0.4) is 0 Å². The number of rotatable bonds is 12. The van der Waals surface area contributed by atoms with Crippen molar-refractivity contribution in [3.8, 4) is 11.5 Å². The number of amides is 4. The Bertz CT molecular complexity index is 2080. The van der Waals surface area contributed by atoms with Gasteiger partial charge in [0.2, 0.25) is 17.7 Å². The maximum Gasteiger partial charge on any atom is 0.255 e. The van der Waals surface area contributed by atoms with Crippen LogP contribution in [0.25, 0.3) is 10.9 Å². The van der Waals surface area contributed by atoms with Gasteiger partial charge >= 0.3 is 0 Å². The SMILES string of the molecule is COc1cc2ncnc(Nc3ccc(F)c(Cl)c3)c2cc1OC1CCN(CC(=O)NCCSc2cccc3c2CN(C2CCC(=O)NC2=O)C3=O)CC1. The molecule has 3 aliphatic rings. The first kappa shape index (κ1) is 36.4. The van der Waals surface area contributed by atoms with Gasteiger partial charge in [-0.2, -0.15) is 0 Å². The molecular formula is C37H37ClFN7O6S. The molecule has 3 N–H and O–H groups in total. The summed E-state index contributed by atoms with van der Waals surface area (Å²) in [6.45, 7) is 2.39. The third-order valence-corrected chi connectivity index (χ3v) is 10.9. The van der Waals surface area contributed by atoms with Crippen LogP contribution in [-0.2, 0) is 20.9 Å². The van der Waals surface area contributed by atoms with Crippen molar-refractivity contribution in [3.05, 3.63) is 76.8 Å². The highest BCUT2D eigenvalue weighted by molar-refractivity contribution is 7.99. The second kappa shape index (κ2) is 15.9. The lowest BCUT2D eigenvalue weighted by Gasteiger charge is -2.32. The number of hydrogen-bond donors (Lipinski definition) is 3. The van der Waals surface area contributed by atoms with Crippen molar-refractivity contribution < 1.29 is 33.0 Å². The second-order valence-electron chi connectivity index (χ2n) is 13.0. The Kier molecular flexibility index (Phi) is 10.9. The number of nitrogens with one attached hydrogen (secondary N) is 3. The number of piperidine rings is 2. The third-order valence-electron chi connectivity index (χ3n) is 9.52. The summed E-state index contributed by atoms with van der Waals surface area (Å²) in [5, 5.41) is 9.20. The molecule has 7 rings (SSSR count). The van der Waals surface area contributed by atoms with E-state index in [4.69, 9.17) is 21.1 Å². The summed E-state index contributed by atoms with van der Waals surface area (Å²) in [7, 11) is 1.57. The van der Waals surface area contributed by atoms with Crippen LogP contribution in [0.4, 0.5) is 15.9 Å². The summed E-state index contributed by atoms with van der Waals surface area (Å²) >= 11 is 7.52. The molecule has 16 heteroatoms. The highest BCUT2D eigenvalue weighted by atomic mass is 35.5. The molecule has 0 radical (unpaired) electrons. The monoisotopic (exact) mass is 761 g/mol. The molecule has 4 heterocycles. The Morgan fingerprint density at radius 1 is 1.08 bits per heavy atom. The van der Waals surface area contributed by atoms with Crippen molar-refractivity contribution in [3.63, 3.8) is 0 Å². The maximum atomic E-state index is 13.7. The van der Waals surface area contributed by atoms with Gasteiger partial charge in [-0.1, -0.05) is 17.7 Å². The average molecular weight is 762 g/mol. The van der Waals surface area contributed by atoms with Crippen LogP contribution in [0, 0.1) is 5.82 Å². The fourth-order valence-electron chi connectivity index (χ4n) is 6.79. The number of hydrogen-bond acceptors (Lipinski definition) is 11. The minimum Gasteiger partial charge on any atom is -0.493 e. The van der Waals surface area contributed by atoms with E-state index in [2.05, 4.69) is 30.8 Å². The predicted molar refractivity (Wildman–Crippen MR) is 197 cm³/mol. The number of fused-ring (bicyclic) bond motifs is 2. The van der Waals surface area contributed by atoms with E-state index < -0.39 is 17.8 Å². The van der Waals surface area contributed by atoms with Gasteiger partial charge in [-0.25, -0.2) is 14.4 Å². The zero-order valence-corrected chi connectivity index (χ0v) is 30.4. The van der Waals surface area contributed by atoms with Gasteiger partial charge in [0.05, 0.1) is 24.2 Å². The first-order chi connectivity index (χ1) is 25.7. The van der Waals surface area contributed by atoms with Gasteiger partial charge in [0.25, 0.3) is 5.91 Å². The van der Waals surface area contributed by atoms with Crippen LogP contribution in [0.15, 0.2) is 59.8 Å². The summed E-state index contributed by atoms with van der Waals surface area (Å²) in [6, 6.07) is 12.8. The maximum absolute atomic E-state index is 13.7. The number of carbonyl (C=O) groups excluding carboxylic acids is 4. The Labute approximate surface area is 313 Å². The lowest BCUT2D eigenvalue weighted by molar-refractivity contribution is -0.137. The van der Waals surface area contributed by atoms with Crippen molar-refractivity contribution >= 4 is 69.4 Å². The van der Waals surface area contributed by atoms with Gasteiger partial charge in [0, 0.05) is 66.0 Å². The first-order valence-corrected chi connectivity index (χ1v) is 18.6. The molecule has 3 aromatic carbocycles. The van der Waals surface area contributed by atoms with Crippen LogP contribution >= 0.6 is 23.4 Å². The number of imide groups is 1. The average Bonchev–Trinajstić information content (AvgIpc) is 3.48. The van der Waals surface area contributed by atoms with Crippen molar-refractivity contribution in [1.29, 1.82) is 0 Å². The molecule has 13 nitrogen and oxygen atoms in total. The number of halogens is 2. The number of methoxy groups -OCH3 is 1. The Morgan fingerprint density at radius 2 is 1.91 bits per heavy atom. The molecule has 2 saturated heterocycles. The predicted octanol–water partition coefficient (Wildman–Crippen LogP) is 4.69. The molecule has 1 unspecified atom stereocenters. The molecule has 3 aliphatic heterocycles. The number of ether oxygens (including phenoxy) is 2. The number of thioether (sulfide) groups is 1. The van der Waals surface area contributed by atoms with Gasteiger partial charge in [-0.3, -0.25) is 29.4 Å². The highest BCUT2D eigenvalue weighted by Crippen LogP contribution is 2.37. The molecule has 1 aromatic heterocycles. The highest BCUT2D eigenvalue weighted by Gasteiger charge is 2.39. The summed E-state index contributed by atoms with van der Waals surface area (Å²) in [6.07, 6.45) is 3.27. The largest absolute Gasteiger partial charge is 0.493 e. The van der Waals surface area contributed by atoms with E-state index in [1.807, 2.05) is 18.2 Å². The minimum atomic E-state index is -0.662. The number of likely N-dealkylation sites (tertiary alicyclic amines) is 1. The van der Waals surface area contributed by atoms with Gasteiger partial charge in [0.1, 0.15) is 30.1 Å². The summed E-state index contributed by atoms with van der Waals surface area (Å²) in [5.74, 6) is 0.649. The van der Waals surface area contributed by atoms with E-state index in [1.165, 1.54) is 18.5 Å². The third kappa shape index (κ3) is 8.16. The molecule has 2 fully saturated rings. The smallest absolute Gasteiger partial charge is 0.255 e. The number of aromatic nitrogens is 2. The lowest BCUT2D eigenvalue weighted by Crippen LogP contribution is -2.52. The molecule has 276 valence electrons. The van der Waals surface area contributed by atoms with E-state index in [0.717, 1.165) is 10.5 Å². The summed E-state index contributed by atoms with van der Waals surface area (Å²) in [5.41, 5.74) is 2.64. The summed E-state index contributed by atoms with van der Waals surface area (Å²) < 4.78 is 25.7. The van der Waals surface area contributed by atoms with Crippen LogP contribution < -0.4 is 25.4 Å². The Hall–Kier alpha value is -4.99. The molecule has 0 bridgehead atoms. The molecule has 1 atom stereocenters. The van der Waals surface area contributed by atoms with Crippen molar-refractivity contribution in [2.45, 2.75) is 49.3 Å². The number of benzene rings is 3. The molecule has 0 spiro atoms. The number of anilines is 2. The topological polar surface area (TPSA) is 155 Å². The molecule has 0 aliphatic carbocycles. The van der Waals surface area contributed by atoms with Crippen LogP contribution in [-0.4, -0.2) is 94.6 Å². The number of nitrogens with zero attached hydrogens (tertiary/aromatic N) is 4. The summed E-state index contributed by atoms with van der Waals surface area (Å²) in [4.78, 5) is 63.3. The van der Waals surface area contributed by atoms with Gasteiger partial charge in [-0.15, -0.1) is 11.8 Å². The zero-order chi connectivity index (χ0) is 37.1.